The Hall–Kier alpha value is -1.95. The van der Waals surface area contributed by atoms with Gasteiger partial charge >= 0.3 is 5.97 Å². The first-order valence-corrected chi connectivity index (χ1v) is 13.3. The molecule has 0 unspecified atom stereocenters. The first-order chi connectivity index (χ1) is 14.5. The summed E-state index contributed by atoms with van der Waals surface area (Å²) in [6.07, 6.45) is 2.67. The van der Waals surface area contributed by atoms with E-state index in [1.54, 1.807) is 0 Å². The van der Waals surface area contributed by atoms with Gasteiger partial charge in [0.2, 0.25) is 0 Å². The van der Waals surface area contributed by atoms with Crippen LogP contribution >= 0.6 is 0 Å². The van der Waals surface area contributed by atoms with Crippen LogP contribution in [0.1, 0.15) is 53.9 Å². The Bertz CT molecular complexity index is 822. The third-order valence-electron chi connectivity index (χ3n) is 6.51. The third kappa shape index (κ3) is 5.28. The SMILES string of the molecule is CC(C)(C)OC(=O)[C@H]1NCC[C@@H]1CCC(C)(C)[Si](O)(c1ccccc1)c1ccccc1. The molecule has 2 aromatic rings. The van der Waals surface area contributed by atoms with Crippen molar-refractivity contribution in [3.05, 3.63) is 60.7 Å². The van der Waals surface area contributed by atoms with Crippen LogP contribution in [0.4, 0.5) is 0 Å². The van der Waals surface area contributed by atoms with E-state index in [0.717, 1.165) is 36.2 Å². The van der Waals surface area contributed by atoms with Crippen LogP contribution in [-0.2, 0) is 9.53 Å². The predicted molar refractivity (Wildman–Crippen MR) is 129 cm³/mol. The average Bonchev–Trinajstić information content (AvgIpc) is 3.21. The summed E-state index contributed by atoms with van der Waals surface area (Å²) in [5, 5.41) is 5.09. The lowest BCUT2D eigenvalue weighted by molar-refractivity contribution is -0.158. The van der Waals surface area contributed by atoms with Crippen LogP contribution in [0, 0.1) is 5.92 Å². The van der Waals surface area contributed by atoms with E-state index in [2.05, 4.69) is 43.4 Å². The molecule has 0 aliphatic carbocycles. The van der Waals surface area contributed by atoms with Crippen LogP contribution in [0.25, 0.3) is 0 Å². The molecule has 2 N–H and O–H groups in total. The number of carbonyl (C=O) groups excluding carboxylic acids is 1. The van der Waals surface area contributed by atoms with Gasteiger partial charge in [0.15, 0.2) is 0 Å². The van der Waals surface area contributed by atoms with Gasteiger partial charge in [0, 0.05) is 0 Å². The van der Waals surface area contributed by atoms with E-state index >= 15 is 0 Å². The molecule has 0 amide bonds. The second-order valence-electron chi connectivity index (χ2n) is 10.4. The van der Waals surface area contributed by atoms with Crippen LogP contribution in [0.2, 0.25) is 5.04 Å². The summed E-state index contributed by atoms with van der Waals surface area (Å²) in [6.45, 7) is 10.9. The summed E-state index contributed by atoms with van der Waals surface area (Å²) in [7, 11) is -3.03. The molecule has 0 spiro atoms. The molecule has 0 saturated carbocycles. The molecule has 0 aromatic heterocycles. The molecule has 0 radical (unpaired) electrons. The van der Waals surface area contributed by atoms with E-state index in [9.17, 15) is 9.59 Å². The number of benzene rings is 2. The number of hydrogen-bond acceptors (Lipinski definition) is 4. The Kier molecular flexibility index (Phi) is 7.09. The maximum Gasteiger partial charge on any atom is 0.323 e. The minimum Gasteiger partial charge on any atom is -0.459 e. The predicted octanol–water partition coefficient (Wildman–Crippen LogP) is 3.62. The van der Waals surface area contributed by atoms with Crippen LogP contribution in [-0.4, -0.2) is 37.3 Å². The average molecular weight is 440 g/mol. The van der Waals surface area contributed by atoms with Gasteiger partial charge in [-0.05, 0) is 67.9 Å². The first-order valence-electron chi connectivity index (χ1n) is 11.3. The summed E-state index contributed by atoms with van der Waals surface area (Å²) in [5.41, 5.74) is -0.487. The Labute approximate surface area is 188 Å². The monoisotopic (exact) mass is 439 g/mol. The second-order valence-corrected chi connectivity index (χ2v) is 14.3. The molecule has 4 nitrogen and oxygen atoms in total. The molecule has 1 aliphatic rings. The van der Waals surface area contributed by atoms with E-state index in [0.29, 0.717) is 0 Å². The summed E-state index contributed by atoms with van der Waals surface area (Å²) < 4.78 is 5.65. The number of carbonyl (C=O) groups is 1. The van der Waals surface area contributed by atoms with Crippen molar-refractivity contribution in [2.24, 2.45) is 5.92 Å². The maximum atomic E-state index is 12.7. The molecular formula is C26H37NO3Si. The lowest BCUT2D eigenvalue weighted by Crippen LogP contribution is -2.65. The summed E-state index contributed by atoms with van der Waals surface area (Å²) in [6, 6.07) is 20.0. The Morgan fingerprint density at radius 2 is 1.52 bits per heavy atom. The van der Waals surface area contributed by atoms with Gasteiger partial charge in [-0.3, -0.25) is 4.79 Å². The van der Waals surface area contributed by atoms with Gasteiger partial charge in [-0.25, -0.2) is 0 Å². The fourth-order valence-corrected chi connectivity index (χ4v) is 8.50. The van der Waals surface area contributed by atoms with Crippen LogP contribution in [0.5, 0.6) is 0 Å². The minimum absolute atomic E-state index is 0.161. The van der Waals surface area contributed by atoms with Crippen LogP contribution < -0.4 is 15.7 Å². The molecule has 31 heavy (non-hydrogen) atoms. The van der Waals surface area contributed by atoms with E-state index in [4.69, 9.17) is 4.74 Å². The van der Waals surface area contributed by atoms with Crippen molar-refractivity contribution in [3.8, 4) is 0 Å². The number of ether oxygens (including phenoxy) is 1. The normalized spacial score (nSPS) is 19.9. The standard InChI is InChI=1S/C26H37NO3Si/c1-25(2,3)30-24(28)23-20(17-19-27-23)16-18-26(4,5)31(29,21-12-8-6-9-13-21)22-14-10-7-11-15-22/h6-15,20,23,27,29H,16-19H2,1-5H3/t20-,23-/m0/s1. The van der Waals surface area contributed by atoms with Gasteiger partial charge in [-0.15, -0.1) is 0 Å². The summed E-state index contributed by atoms with van der Waals surface area (Å²) in [5.74, 6) is 0.0605. The fourth-order valence-electron chi connectivity index (χ4n) is 4.74. The van der Waals surface area contributed by atoms with Crippen molar-refractivity contribution in [1.29, 1.82) is 0 Å². The number of nitrogens with one attached hydrogen (secondary N) is 1. The third-order valence-corrected chi connectivity index (χ3v) is 11.1. The topological polar surface area (TPSA) is 58.6 Å². The van der Waals surface area contributed by atoms with Gasteiger partial charge in [0.05, 0.1) is 0 Å². The summed E-state index contributed by atoms with van der Waals surface area (Å²) in [4.78, 5) is 25.0. The van der Waals surface area contributed by atoms with Crippen LogP contribution in [0.15, 0.2) is 60.7 Å². The molecule has 1 fully saturated rings. The van der Waals surface area contributed by atoms with E-state index in [-0.39, 0.29) is 23.0 Å². The largest absolute Gasteiger partial charge is 0.459 e. The lowest BCUT2D eigenvalue weighted by atomic mass is 9.91. The summed E-state index contributed by atoms with van der Waals surface area (Å²) >= 11 is 0. The Morgan fingerprint density at radius 1 is 1.00 bits per heavy atom. The van der Waals surface area contributed by atoms with E-state index < -0.39 is 13.9 Å². The quantitative estimate of drug-likeness (QED) is 0.511. The highest BCUT2D eigenvalue weighted by Gasteiger charge is 2.50. The van der Waals surface area contributed by atoms with Gasteiger partial charge in [0.1, 0.15) is 11.6 Å². The number of hydrogen-bond donors (Lipinski definition) is 2. The molecule has 1 saturated heterocycles. The van der Waals surface area contributed by atoms with Gasteiger partial charge in [0.25, 0.3) is 8.32 Å². The van der Waals surface area contributed by atoms with Gasteiger partial charge in [-0.2, -0.15) is 0 Å². The molecule has 1 aliphatic heterocycles. The van der Waals surface area contributed by atoms with Gasteiger partial charge < -0.3 is 14.8 Å². The highest BCUT2D eigenvalue weighted by molar-refractivity contribution is 6.98. The van der Waals surface area contributed by atoms with Gasteiger partial charge in [-0.1, -0.05) is 74.5 Å². The minimum atomic E-state index is -3.03. The zero-order valence-electron chi connectivity index (χ0n) is 19.5. The van der Waals surface area contributed by atoms with Crippen molar-refractivity contribution < 1.29 is 14.3 Å². The smallest absolute Gasteiger partial charge is 0.323 e. The number of rotatable bonds is 7. The van der Waals surface area contributed by atoms with Crippen molar-refractivity contribution in [1.82, 2.24) is 5.32 Å². The van der Waals surface area contributed by atoms with Crippen molar-refractivity contribution >= 4 is 24.7 Å². The molecule has 2 aromatic carbocycles. The first kappa shape index (κ1) is 23.7. The molecule has 0 bridgehead atoms. The van der Waals surface area contributed by atoms with Crippen molar-refractivity contribution in [2.45, 2.75) is 70.6 Å². The Balaban J connectivity index is 1.82. The van der Waals surface area contributed by atoms with E-state index in [1.165, 1.54) is 0 Å². The Morgan fingerprint density at radius 3 is 2.00 bits per heavy atom. The maximum absolute atomic E-state index is 12.7. The van der Waals surface area contributed by atoms with Crippen LogP contribution in [0.3, 0.4) is 0 Å². The zero-order valence-corrected chi connectivity index (χ0v) is 20.5. The highest BCUT2D eigenvalue weighted by atomic mass is 28.4. The molecule has 1 heterocycles. The lowest BCUT2D eigenvalue weighted by Gasteiger charge is -2.42. The molecular weight excluding hydrogens is 402 g/mol. The molecule has 2 atom stereocenters. The molecule has 3 rings (SSSR count). The number of esters is 1. The fraction of sp³-hybridized carbons (Fsp3) is 0.500. The van der Waals surface area contributed by atoms with Crippen molar-refractivity contribution in [2.75, 3.05) is 6.54 Å². The highest BCUT2D eigenvalue weighted by Crippen LogP contribution is 2.42. The second kappa shape index (κ2) is 9.27. The molecule has 5 heteroatoms. The zero-order chi connectivity index (χ0) is 22.7. The molecule has 168 valence electrons. The van der Waals surface area contributed by atoms with E-state index in [1.807, 2.05) is 57.2 Å². The van der Waals surface area contributed by atoms with Crippen molar-refractivity contribution in [3.63, 3.8) is 0 Å².